The van der Waals surface area contributed by atoms with Crippen LogP contribution in [0.4, 0.5) is 11.6 Å². The number of fused-ring (bicyclic) bond motifs is 1. The predicted octanol–water partition coefficient (Wildman–Crippen LogP) is 3.62. The summed E-state index contributed by atoms with van der Waals surface area (Å²) in [4.78, 5) is 28.3. The molecule has 8 heteroatoms. The largest absolute Gasteiger partial charge is 0.356 e. The van der Waals surface area contributed by atoms with Crippen LogP contribution >= 0.6 is 0 Å². The summed E-state index contributed by atoms with van der Waals surface area (Å²) in [6.07, 6.45) is 6.41. The molecule has 2 aromatic heterocycles. The van der Waals surface area contributed by atoms with Crippen molar-refractivity contribution >= 4 is 17.5 Å². The molecule has 1 fully saturated rings. The van der Waals surface area contributed by atoms with E-state index in [0.717, 1.165) is 50.4 Å². The molecule has 1 atom stereocenters. The Balaban J connectivity index is 1.49. The van der Waals surface area contributed by atoms with Gasteiger partial charge in [-0.2, -0.15) is 0 Å². The molecular formula is C24H37N7O. The van der Waals surface area contributed by atoms with Crippen LogP contribution in [0.2, 0.25) is 0 Å². The highest BCUT2D eigenvalue weighted by atomic mass is 16.1. The number of nitrogens with one attached hydrogen (secondary N) is 2. The maximum absolute atomic E-state index is 11.9. The van der Waals surface area contributed by atoms with Crippen molar-refractivity contribution in [3.8, 4) is 0 Å². The van der Waals surface area contributed by atoms with Crippen LogP contribution in [0.15, 0.2) is 12.5 Å². The minimum absolute atomic E-state index is 0.0353. The van der Waals surface area contributed by atoms with Crippen LogP contribution in [0.25, 0.3) is 0 Å². The Labute approximate surface area is 191 Å². The number of carbonyl (C=O) groups excluding carboxylic acids is 1. The molecule has 0 radical (unpaired) electrons. The first kappa shape index (κ1) is 22.7. The normalized spacial score (nSPS) is 19.5. The highest BCUT2D eigenvalue weighted by Gasteiger charge is 2.31. The quantitative estimate of drug-likeness (QED) is 0.685. The Bertz CT molecular complexity index is 944. The van der Waals surface area contributed by atoms with Crippen molar-refractivity contribution in [1.82, 2.24) is 24.8 Å². The van der Waals surface area contributed by atoms with Gasteiger partial charge in [-0.15, -0.1) is 0 Å². The third-order valence-electron chi connectivity index (χ3n) is 6.59. The van der Waals surface area contributed by atoms with E-state index in [0.29, 0.717) is 30.1 Å². The minimum Gasteiger partial charge on any atom is -0.356 e. The maximum Gasteiger partial charge on any atom is 0.226 e. The molecule has 2 N–H and O–H groups in total. The number of rotatable bonds is 7. The van der Waals surface area contributed by atoms with E-state index in [9.17, 15) is 4.79 Å². The van der Waals surface area contributed by atoms with Gasteiger partial charge in [-0.25, -0.2) is 15.0 Å². The molecular weight excluding hydrogens is 402 g/mol. The number of imidazole rings is 1. The molecule has 1 saturated heterocycles. The molecule has 0 aliphatic carbocycles. The van der Waals surface area contributed by atoms with Gasteiger partial charge < -0.3 is 20.1 Å². The average Bonchev–Trinajstić information content (AvgIpc) is 3.17. The van der Waals surface area contributed by atoms with E-state index < -0.39 is 0 Å². The van der Waals surface area contributed by atoms with Crippen molar-refractivity contribution < 1.29 is 4.79 Å². The average molecular weight is 440 g/mol. The lowest BCUT2D eigenvalue weighted by Crippen LogP contribution is -2.36. The van der Waals surface area contributed by atoms with Gasteiger partial charge in [0.2, 0.25) is 5.91 Å². The summed E-state index contributed by atoms with van der Waals surface area (Å²) < 4.78 is 2.37. The SMILES string of the molecule is CC(C)NCCn1cc(C(C)C)nc1C1CCN(c2ncnc3c2C(C)CC(=O)N3)CC1. The van der Waals surface area contributed by atoms with E-state index in [1.807, 2.05) is 0 Å². The van der Waals surface area contributed by atoms with Crippen molar-refractivity contribution in [1.29, 1.82) is 0 Å². The highest BCUT2D eigenvalue weighted by Crippen LogP contribution is 2.38. The number of hydrogen-bond donors (Lipinski definition) is 2. The first-order valence-electron chi connectivity index (χ1n) is 12.0. The second-order valence-corrected chi connectivity index (χ2v) is 9.86. The maximum atomic E-state index is 11.9. The number of amides is 1. The first-order valence-corrected chi connectivity index (χ1v) is 12.0. The Kier molecular flexibility index (Phi) is 6.79. The predicted molar refractivity (Wildman–Crippen MR) is 127 cm³/mol. The molecule has 0 bridgehead atoms. The smallest absolute Gasteiger partial charge is 0.226 e. The molecule has 2 aliphatic heterocycles. The zero-order valence-electron chi connectivity index (χ0n) is 20.1. The van der Waals surface area contributed by atoms with Crippen LogP contribution < -0.4 is 15.5 Å². The number of anilines is 2. The van der Waals surface area contributed by atoms with Gasteiger partial charge in [-0.3, -0.25) is 4.79 Å². The summed E-state index contributed by atoms with van der Waals surface area (Å²) in [5.74, 6) is 3.93. The third-order valence-corrected chi connectivity index (χ3v) is 6.59. The first-order chi connectivity index (χ1) is 15.3. The number of hydrogen-bond acceptors (Lipinski definition) is 6. The van der Waals surface area contributed by atoms with Crippen molar-refractivity contribution in [2.24, 2.45) is 0 Å². The van der Waals surface area contributed by atoms with Crippen LogP contribution in [-0.4, -0.2) is 51.1 Å². The second-order valence-electron chi connectivity index (χ2n) is 9.86. The summed E-state index contributed by atoms with van der Waals surface area (Å²) in [5.41, 5.74) is 2.26. The van der Waals surface area contributed by atoms with E-state index in [4.69, 9.17) is 4.98 Å². The number of nitrogens with zero attached hydrogens (tertiary/aromatic N) is 5. The van der Waals surface area contributed by atoms with Crippen molar-refractivity contribution in [3.63, 3.8) is 0 Å². The van der Waals surface area contributed by atoms with Crippen LogP contribution in [-0.2, 0) is 11.3 Å². The number of carbonyl (C=O) groups is 1. The van der Waals surface area contributed by atoms with Crippen LogP contribution in [0, 0.1) is 0 Å². The molecule has 2 aromatic rings. The molecule has 0 saturated carbocycles. The third kappa shape index (κ3) is 4.80. The van der Waals surface area contributed by atoms with Gasteiger partial charge in [-0.1, -0.05) is 34.6 Å². The zero-order valence-corrected chi connectivity index (χ0v) is 20.1. The standard InChI is InChI=1S/C24H37N7O/c1-15(2)19-13-31(11-8-25-16(3)4)23(28-19)18-6-9-30(10-7-18)24-21-17(5)12-20(32)29-22(21)26-14-27-24/h13-18,25H,6-12H2,1-5H3,(H,26,27,29,32). The van der Waals surface area contributed by atoms with Gasteiger partial charge in [0.15, 0.2) is 0 Å². The lowest BCUT2D eigenvalue weighted by molar-refractivity contribution is -0.116. The van der Waals surface area contributed by atoms with E-state index in [-0.39, 0.29) is 11.8 Å². The fraction of sp³-hybridized carbons (Fsp3) is 0.667. The van der Waals surface area contributed by atoms with Gasteiger partial charge in [0, 0.05) is 56.3 Å². The van der Waals surface area contributed by atoms with Gasteiger partial charge in [0.25, 0.3) is 0 Å². The fourth-order valence-electron chi connectivity index (χ4n) is 4.81. The molecule has 1 amide bonds. The molecule has 2 aliphatic rings. The summed E-state index contributed by atoms with van der Waals surface area (Å²) in [5, 5.41) is 6.44. The number of piperidine rings is 1. The Morgan fingerprint density at radius 3 is 2.62 bits per heavy atom. The van der Waals surface area contributed by atoms with Crippen molar-refractivity contribution in [3.05, 3.63) is 29.6 Å². The van der Waals surface area contributed by atoms with Crippen molar-refractivity contribution in [2.45, 2.75) is 84.2 Å². The van der Waals surface area contributed by atoms with E-state index >= 15 is 0 Å². The highest BCUT2D eigenvalue weighted by molar-refractivity contribution is 5.94. The molecule has 32 heavy (non-hydrogen) atoms. The van der Waals surface area contributed by atoms with E-state index in [1.54, 1.807) is 6.33 Å². The Hall–Kier alpha value is -2.48. The second kappa shape index (κ2) is 9.57. The summed E-state index contributed by atoms with van der Waals surface area (Å²) in [7, 11) is 0. The summed E-state index contributed by atoms with van der Waals surface area (Å²) >= 11 is 0. The number of aromatic nitrogens is 4. The van der Waals surface area contributed by atoms with Gasteiger partial charge in [-0.05, 0) is 24.7 Å². The lowest BCUT2D eigenvalue weighted by Gasteiger charge is -2.35. The zero-order chi connectivity index (χ0) is 22.8. The van der Waals surface area contributed by atoms with Gasteiger partial charge in [0.05, 0.1) is 5.69 Å². The fourth-order valence-corrected chi connectivity index (χ4v) is 4.81. The van der Waals surface area contributed by atoms with E-state index in [1.165, 1.54) is 11.5 Å². The van der Waals surface area contributed by atoms with E-state index in [2.05, 4.69) is 70.9 Å². The Morgan fingerprint density at radius 2 is 1.94 bits per heavy atom. The lowest BCUT2D eigenvalue weighted by atomic mass is 9.92. The summed E-state index contributed by atoms with van der Waals surface area (Å²) in [6.45, 7) is 14.6. The molecule has 8 nitrogen and oxygen atoms in total. The van der Waals surface area contributed by atoms with Gasteiger partial charge >= 0.3 is 0 Å². The van der Waals surface area contributed by atoms with Crippen LogP contribution in [0.3, 0.4) is 0 Å². The van der Waals surface area contributed by atoms with Gasteiger partial charge in [0.1, 0.15) is 23.8 Å². The molecule has 4 heterocycles. The minimum atomic E-state index is 0.0353. The topological polar surface area (TPSA) is 88.0 Å². The van der Waals surface area contributed by atoms with Crippen LogP contribution in [0.5, 0.6) is 0 Å². The molecule has 4 rings (SSSR count). The Morgan fingerprint density at radius 1 is 1.19 bits per heavy atom. The molecule has 1 unspecified atom stereocenters. The summed E-state index contributed by atoms with van der Waals surface area (Å²) in [6, 6.07) is 0.487. The molecule has 174 valence electrons. The van der Waals surface area contributed by atoms with Crippen LogP contribution in [0.1, 0.15) is 88.7 Å². The monoisotopic (exact) mass is 439 g/mol. The molecule has 0 spiro atoms. The molecule has 0 aromatic carbocycles. The van der Waals surface area contributed by atoms with Crippen molar-refractivity contribution in [2.75, 3.05) is 29.9 Å².